The summed E-state index contributed by atoms with van der Waals surface area (Å²) in [5.74, 6) is 0.713. The molecule has 3 nitrogen and oxygen atoms in total. The molecule has 17 heavy (non-hydrogen) atoms. The standard InChI is InChI=1S/C14H30N2O/c1-6-7-13(10-17-5)16-9-8-14(15-4)11(2)12(16)3/h11-15H,6-10H2,1-5H3. The third-order valence-corrected chi connectivity index (χ3v) is 4.44. The van der Waals surface area contributed by atoms with E-state index in [0.717, 1.165) is 6.61 Å². The Morgan fingerprint density at radius 1 is 1.41 bits per heavy atom. The largest absolute Gasteiger partial charge is 0.383 e. The van der Waals surface area contributed by atoms with E-state index in [0.29, 0.717) is 24.0 Å². The van der Waals surface area contributed by atoms with Crippen molar-refractivity contribution in [3.05, 3.63) is 0 Å². The topological polar surface area (TPSA) is 24.5 Å². The minimum Gasteiger partial charge on any atom is -0.383 e. The first kappa shape index (κ1) is 14.9. The van der Waals surface area contributed by atoms with Crippen LogP contribution in [0.15, 0.2) is 0 Å². The van der Waals surface area contributed by atoms with Gasteiger partial charge in [0.25, 0.3) is 0 Å². The molecule has 0 spiro atoms. The van der Waals surface area contributed by atoms with E-state index in [2.05, 4.69) is 38.0 Å². The summed E-state index contributed by atoms with van der Waals surface area (Å²) in [4.78, 5) is 2.66. The number of ether oxygens (including phenoxy) is 1. The molecule has 0 amide bonds. The zero-order valence-electron chi connectivity index (χ0n) is 12.2. The summed E-state index contributed by atoms with van der Waals surface area (Å²) >= 11 is 0. The van der Waals surface area contributed by atoms with Gasteiger partial charge in [-0.2, -0.15) is 0 Å². The van der Waals surface area contributed by atoms with Crippen molar-refractivity contribution in [2.75, 3.05) is 27.3 Å². The van der Waals surface area contributed by atoms with Crippen molar-refractivity contribution < 1.29 is 4.74 Å². The normalized spacial score (nSPS) is 32.6. The number of piperidine rings is 1. The van der Waals surface area contributed by atoms with E-state index in [-0.39, 0.29) is 0 Å². The van der Waals surface area contributed by atoms with Crippen LogP contribution in [0.4, 0.5) is 0 Å². The fourth-order valence-corrected chi connectivity index (χ4v) is 3.19. The van der Waals surface area contributed by atoms with Gasteiger partial charge in [-0.15, -0.1) is 0 Å². The van der Waals surface area contributed by atoms with E-state index in [9.17, 15) is 0 Å². The molecule has 0 saturated carbocycles. The van der Waals surface area contributed by atoms with Crippen molar-refractivity contribution in [3.63, 3.8) is 0 Å². The molecule has 0 aromatic rings. The number of hydrogen-bond donors (Lipinski definition) is 1. The maximum Gasteiger partial charge on any atom is 0.0618 e. The van der Waals surface area contributed by atoms with Crippen LogP contribution in [0.1, 0.15) is 40.0 Å². The highest BCUT2D eigenvalue weighted by Gasteiger charge is 2.34. The van der Waals surface area contributed by atoms with Crippen LogP contribution in [0.25, 0.3) is 0 Å². The first-order valence-corrected chi connectivity index (χ1v) is 7.07. The average molecular weight is 242 g/mol. The monoisotopic (exact) mass is 242 g/mol. The summed E-state index contributed by atoms with van der Waals surface area (Å²) in [5.41, 5.74) is 0. The second kappa shape index (κ2) is 7.34. The summed E-state index contributed by atoms with van der Waals surface area (Å²) in [6.45, 7) is 9.07. The average Bonchev–Trinajstić information content (AvgIpc) is 2.32. The second-order valence-corrected chi connectivity index (χ2v) is 5.42. The first-order valence-electron chi connectivity index (χ1n) is 7.07. The third kappa shape index (κ3) is 3.67. The highest BCUT2D eigenvalue weighted by atomic mass is 16.5. The zero-order valence-corrected chi connectivity index (χ0v) is 12.2. The summed E-state index contributed by atoms with van der Waals surface area (Å²) in [6.07, 6.45) is 3.74. The molecule has 0 aromatic heterocycles. The Kier molecular flexibility index (Phi) is 6.45. The molecule has 1 heterocycles. The van der Waals surface area contributed by atoms with Gasteiger partial charge < -0.3 is 10.1 Å². The van der Waals surface area contributed by atoms with Crippen LogP contribution in [0, 0.1) is 5.92 Å². The van der Waals surface area contributed by atoms with Gasteiger partial charge in [0.05, 0.1) is 6.61 Å². The third-order valence-electron chi connectivity index (χ3n) is 4.44. The Balaban J connectivity index is 2.63. The molecule has 1 saturated heterocycles. The van der Waals surface area contributed by atoms with Crippen molar-refractivity contribution in [1.82, 2.24) is 10.2 Å². The van der Waals surface area contributed by atoms with Crippen LogP contribution in [0.2, 0.25) is 0 Å². The molecule has 4 atom stereocenters. The molecule has 1 aliphatic heterocycles. The number of methoxy groups -OCH3 is 1. The number of rotatable bonds is 6. The molecular weight excluding hydrogens is 212 g/mol. The van der Waals surface area contributed by atoms with E-state index in [1.54, 1.807) is 0 Å². The second-order valence-electron chi connectivity index (χ2n) is 5.42. The zero-order chi connectivity index (χ0) is 12.8. The van der Waals surface area contributed by atoms with E-state index < -0.39 is 0 Å². The summed E-state index contributed by atoms with van der Waals surface area (Å²) < 4.78 is 5.39. The molecule has 4 unspecified atom stereocenters. The van der Waals surface area contributed by atoms with Gasteiger partial charge in [0, 0.05) is 31.8 Å². The quantitative estimate of drug-likeness (QED) is 0.772. The maximum absolute atomic E-state index is 5.39. The Labute approximate surface area is 107 Å². The molecule has 0 aliphatic carbocycles. The van der Waals surface area contributed by atoms with Crippen LogP contribution in [-0.2, 0) is 4.74 Å². The Morgan fingerprint density at radius 2 is 2.12 bits per heavy atom. The first-order chi connectivity index (χ1) is 8.15. The van der Waals surface area contributed by atoms with Gasteiger partial charge in [-0.25, -0.2) is 0 Å². The van der Waals surface area contributed by atoms with Gasteiger partial charge in [0.1, 0.15) is 0 Å². The van der Waals surface area contributed by atoms with Crippen molar-refractivity contribution >= 4 is 0 Å². The van der Waals surface area contributed by atoms with Crippen molar-refractivity contribution in [2.24, 2.45) is 5.92 Å². The molecule has 102 valence electrons. The lowest BCUT2D eigenvalue weighted by Gasteiger charge is -2.46. The van der Waals surface area contributed by atoms with Gasteiger partial charge in [-0.05, 0) is 32.7 Å². The maximum atomic E-state index is 5.39. The fourth-order valence-electron chi connectivity index (χ4n) is 3.19. The lowest BCUT2D eigenvalue weighted by atomic mass is 9.85. The van der Waals surface area contributed by atoms with Crippen LogP contribution >= 0.6 is 0 Å². The highest BCUT2D eigenvalue weighted by molar-refractivity contribution is 4.90. The number of nitrogens with zero attached hydrogens (tertiary/aromatic N) is 1. The fraction of sp³-hybridized carbons (Fsp3) is 1.00. The lowest BCUT2D eigenvalue weighted by Crippen LogP contribution is -2.56. The molecule has 0 radical (unpaired) electrons. The van der Waals surface area contributed by atoms with Crippen LogP contribution in [0.5, 0.6) is 0 Å². The van der Waals surface area contributed by atoms with Crippen LogP contribution < -0.4 is 5.32 Å². The molecular formula is C14H30N2O. The Morgan fingerprint density at radius 3 is 2.65 bits per heavy atom. The van der Waals surface area contributed by atoms with E-state index in [4.69, 9.17) is 4.74 Å². The Hall–Kier alpha value is -0.120. The van der Waals surface area contributed by atoms with Crippen LogP contribution in [-0.4, -0.2) is 50.3 Å². The predicted molar refractivity (Wildman–Crippen MR) is 73.4 cm³/mol. The van der Waals surface area contributed by atoms with Gasteiger partial charge in [0.2, 0.25) is 0 Å². The van der Waals surface area contributed by atoms with Crippen molar-refractivity contribution in [2.45, 2.75) is 58.2 Å². The van der Waals surface area contributed by atoms with Crippen molar-refractivity contribution in [3.8, 4) is 0 Å². The highest BCUT2D eigenvalue weighted by Crippen LogP contribution is 2.26. The molecule has 0 aromatic carbocycles. The van der Waals surface area contributed by atoms with Gasteiger partial charge >= 0.3 is 0 Å². The lowest BCUT2D eigenvalue weighted by molar-refractivity contribution is 0.00947. The minimum atomic E-state index is 0.597. The molecule has 1 rings (SSSR count). The molecule has 0 bridgehead atoms. The number of hydrogen-bond acceptors (Lipinski definition) is 3. The van der Waals surface area contributed by atoms with E-state index in [1.165, 1.54) is 25.8 Å². The summed E-state index contributed by atoms with van der Waals surface area (Å²) in [5, 5.41) is 3.45. The van der Waals surface area contributed by atoms with E-state index in [1.807, 2.05) is 7.11 Å². The molecule has 3 heteroatoms. The summed E-state index contributed by atoms with van der Waals surface area (Å²) in [7, 11) is 3.90. The molecule has 1 fully saturated rings. The number of likely N-dealkylation sites (tertiary alicyclic amines) is 1. The molecule has 1 aliphatic rings. The minimum absolute atomic E-state index is 0.597. The summed E-state index contributed by atoms with van der Waals surface area (Å²) in [6, 6.07) is 1.92. The smallest absolute Gasteiger partial charge is 0.0618 e. The van der Waals surface area contributed by atoms with Gasteiger partial charge in [0.15, 0.2) is 0 Å². The van der Waals surface area contributed by atoms with E-state index >= 15 is 0 Å². The Bertz CT molecular complexity index is 204. The van der Waals surface area contributed by atoms with Gasteiger partial charge in [-0.1, -0.05) is 20.3 Å². The predicted octanol–water partition coefficient (Wildman–Crippen LogP) is 2.12. The number of nitrogens with one attached hydrogen (secondary N) is 1. The van der Waals surface area contributed by atoms with Crippen LogP contribution in [0.3, 0.4) is 0 Å². The van der Waals surface area contributed by atoms with Gasteiger partial charge in [-0.3, -0.25) is 4.90 Å². The SMILES string of the molecule is CCCC(COC)N1CCC(NC)C(C)C1C. The van der Waals surface area contributed by atoms with Crippen molar-refractivity contribution in [1.29, 1.82) is 0 Å². The molecule has 1 N–H and O–H groups in total.